The fraction of sp³-hybridized carbons (Fsp3) is 0.400. The monoisotopic (exact) mass is 257 g/mol. The molecule has 3 unspecified atom stereocenters. The molecule has 1 aromatic carbocycles. The maximum atomic E-state index is 10.8. The van der Waals surface area contributed by atoms with Gasteiger partial charge in [0.15, 0.2) is 0 Å². The lowest BCUT2D eigenvalue weighted by atomic mass is 9.93. The number of urea groups is 1. The molecule has 1 fully saturated rings. The molecular weight excluding hydrogens is 238 g/mol. The SMILES string of the molecule is NC(=O)Nc1cccc(NCC2CC3C=CC2C3)c1. The third kappa shape index (κ3) is 2.72. The average molecular weight is 257 g/mol. The standard InChI is InChI=1S/C15H19N3O/c16-15(19)18-14-3-1-2-13(8-14)17-9-12-7-10-4-5-11(12)6-10/h1-5,8,10-12,17H,6-7,9H2,(H3,16,18,19). The second-order valence-electron chi connectivity index (χ2n) is 5.49. The number of rotatable bonds is 4. The van der Waals surface area contributed by atoms with E-state index in [1.807, 2.05) is 24.3 Å². The van der Waals surface area contributed by atoms with Crippen molar-refractivity contribution < 1.29 is 4.79 Å². The fourth-order valence-corrected chi connectivity index (χ4v) is 3.23. The molecule has 0 aromatic heterocycles. The van der Waals surface area contributed by atoms with Crippen molar-refractivity contribution in [3.05, 3.63) is 36.4 Å². The van der Waals surface area contributed by atoms with Crippen molar-refractivity contribution in [1.29, 1.82) is 0 Å². The van der Waals surface area contributed by atoms with Crippen LogP contribution in [0.2, 0.25) is 0 Å². The number of nitrogens with one attached hydrogen (secondary N) is 2. The zero-order valence-corrected chi connectivity index (χ0v) is 10.8. The first-order valence-corrected chi connectivity index (χ1v) is 6.79. The number of amides is 2. The summed E-state index contributed by atoms with van der Waals surface area (Å²) < 4.78 is 0. The van der Waals surface area contributed by atoms with Crippen molar-refractivity contribution in [3.8, 4) is 0 Å². The van der Waals surface area contributed by atoms with Gasteiger partial charge in [-0.1, -0.05) is 18.2 Å². The normalized spacial score (nSPS) is 27.5. The summed E-state index contributed by atoms with van der Waals surface area (Å²) in [4.78, 5) is 10.8. The Balaban J connectivity index is 1.58. The molecule has 0 spiro atoms. The molecule has 3 atom stereocenters. The average Bonchev–Trinajstić information content (AvgIpc) is 2.98. The van der Waals surface area contributed by atoms with Crippen LogP contribution in [0.4, 0.5) is 16.2 Å². The number of primary amides is 1. The van der Waals surface area contributed by atoms with Crippen molar-refractivity contribution in [2.75, 3.05) is 17.2 Å². The second-order valence-corrected chi connectivity index (χ2v) is 5.49. The van der Waals surface area contributed by atoms with Gasteiger partial charge in [-0.3, -0.25) is 0 Å². The molecule has 0 heterocycles. The van der Waals surface area contributed by atoms with Crippen molar-refractivity contribution in [2.45, 2.75) is 12.8 Å². The number of allylic oxidation sites excluding steroid dienone is 2. The predicted octanol–water partition coefficient (Wildman–Crippen LogP) is 2.80. The Kier molecular flexibility index (Phi) is 3.15. The maximum absolute atomic E-state index is 10.8. The van der Waals surface area contributed by atoms with Gasteiger partial charge in [-0.2, -0.15) is 0 Å². The first-order chi connectivity index (χ1) is 9.20. The van der Waals surface area contributed by atoms with Crippen molar-refractivity contribution >= 4 is 17.4 Å². The fourth-order valence-electron chi connectivity index (χ4n) is 3.23. The quantitative estimate of drug-likeness (QED) is 0.726. The van der Waals surface area contributed by atoms with Crippen LogP contribution in [0.5, 0.6) is 0 Å². The molecule has 3 rings (SSSR count). The Bertz CT molecular complexity index is 512. The molecule has 0 saturated heterocycles. The molecular formula is C15H19N3O. The van der Waals surface area contributed by atoms with Crippen LogP contribution in [0, 0.1) is 17.8 Å². The lowest BCUT2D eigenvalue weighted by Crippen LogP contribution is -2.20. The summed E-state index contributed by atoms with van der Waals surface area (Å²) in [5.74, 6) is 2.30. The minimum Gasteiger partial charge on any atom is -0.385 e. The summed E-state index contributed by atoms with van der Waals surface area (Å²) >= 11 is 0. The van der Waals surface area contributed by atoms with Gasteiger partial charge in [-0.15, -0.1) is 0 Å². The Morgan fingerprint density at radius 2 is 2.11 bits per heavy atom. The number of nitrogens with two attached hydrogens (primary N) is 1. The molecule has 2 aliphatic carbocycles. The molecule has 2 aliphatic rings. The molecule has 19 heavy (non-hydrogen) atoms. The minimum absolute atomic E-state index is 0.532. The Labute approximate surface area is 113 Å². The molecule has 2 bridgehead atoms. The van der Waals surface area contributed by atoms with E-state index in [4.69, 9.17) is 5.73 Å². The van der Waals surface area contributed by atoms with E-state index < -0.39 is 6.03 Å². The van der Waals surface area contributed by atoms with Gasteiger partial charge >= 0.3 is 6.03 Å². The van der Waals surface area contributed by atoms with Crippen LogP contribution >= 0.6 is 0 Å². The molecule has 4 nitrogen and oxygen atoms in total. The summed E-state index contributed by atoms with van der Waals surface area (Å²) in [6.45, 7) is 0.992. The molecule has 0 aliphatic heterocycles. The number of carbonyl (C=O) groups excluding carboxylic acids is 1. The van der Waals surface area contributed by atoms with Crippen LogP contribution < -0.4 is 16.4 Å². The molecule has 0 radical (unpaired) electrons. The van der Waals surface area contributed by atoms with Gasteiger partial charge in [0.25, 0.3) is 0 Å². The van der Waals surface area contributed by atoms with Crippen LogP contribution in [0.15, 0.2) is 36.4 Å². The predicted molar refractivity (Wildman–Crippen MR) is 77.0 cm³/mol. The van der Waals surface area contributed by atoms with Crippen molar-refractivity contribution in [1.82, 2.24) is 0 Å². The Morgan fingerprint density at radius 1 is 1.26 bits per heavy atom. The van der Waals surface area contributed by atoms with E-state index in [0.29, 0.717) is 0 Å². The van der Waals surface area contributed by atoms with Crippen molar-refractivity contribution in [2.24, 2.45) is 23.5 Å². The van der Waals surface area contributed by atoms with Gasteiger partial charge < -0.3 is 16.4 Å². The topological polar surface area (TPSA) is 67.2 Å². The van der Waals surface area contributed by atoms with Gasteiger partial charge in [0.05, 0.1) is 0 Å². The highest BCUT2D eigenvalue weighted by Crippen LogP contribution is 2.43. The molecule has 4 N–H and O–H groups in total. The third-order valence-electron chi connectivity index (χ3n) is 4.11. The van der Waals surface area contributed by atoms with Crippen LogP contribution in [0.1, 0.15) is 12.8 Å². The van der Waals surface area contributed by atoms with Crippen LogP contribution in [-0.4, -0.2) is 12.6 Å². The lowest BCUT2D eigenvalue weighted by Gasteiger charge is -2.19. The van der Waals surface area contributed by atoms with Crippen molar-refractivity contribution in [3.63, 3.8) is 0 Å². The van der Waals surface area contributed by atoms with Gasteiger partial charge in [-0.05, 0) is 48.8 Å². The number of fused-ring (bicyclic) bond motifs is 2. The van der Waals surface area contributed by atoms with E-state index in [0.717, 1.165) is 35.7 Å². The first-order valence-electron chi connectivity index (χ1n) is 6.79. The van der Waals surface area contributed by atoms with Crippen LogP contribution in [0.25, 0.3) is 0 Å². The summed E-state index contributed by atoms with van der Waals surface area (Å²) in [5.41, 5.74) is 6.86. The van der Waals surface area contributed by atoms with Gasteiger partial charge in [0, 0.05) is 17.9 Å². The summed E-state index contributed by atoms with van der Waals surface area (Å²) in [7, 11) is 0. The largest absolute Gasteiger partial charge is 0.385 e. The van der Waals surface area contributed by atoms with Gasteiger partial charge in [0.2, 0.25) is 0 Å². The van der Waals surface area contributed by atoms with E-state index >= 15 is 0 Å². The molecule has 4 heteroatoms. The number of anilines is 2. The van der Waals surface area contributed by atoms with Crippen LogP contribution in [0.3, 0.4) is 0 Å². The van der Waals surface area contributed by atoms with E-state index in [1.165, 1.54) is 12.8 Å². The minimum atomic E-state index is -0.532. The molecule has 2 amide bonds. The maximum Gasteiger partial charge on any atom is 0.316 e. The van der Waals surface area contributed by atoms with E-state index in [1.54, 1.807) is 0 Å². The zero-order valence-electron chi connectivity index (χ0n) is 10.8. The van der Waals surface area contributed by atoms with E-state index in [-0.39, 0.29) is 0 Å². The highest BCUT2D eigenvalue weighted by atomic mass is 16.2. The first kappa shape index (κ1) is 12.1. The highest BCUT2D eigenvalue weighted by molar-refractivity contribution is 5.88. The summed E-state index contributed by atoms with van der Waals surface area (Å²) in [6, 6.07) is 7.13. The van der Waals surface area contributed by atoms with Gasteiger partial charge in [0.1, 0.15) is 0 Å². The van der Waals surface area contributed by atoms with E-state index in [9.17, 15) is 4.79 Å². The molecule has 1 aromatic rings. The van der Waals surface area contributed by atoms with E-state index in [2.05, 4.69) is 22.8 Å². The Hall–Kier alpha value is -1.97. The second kappa shape index (κ2) is 4.96. The number of carbonyl (C=O) groups is 1. The summed E-state index contributed by atoms with van der Waals surface area (Å²) in [5, 5.41) is 6.05. The van der Waals surface area contributed by atoms with Gasteiger partial charge in [-0.25, -0.2) is 4.79 Å². The number of benzene rings is 1. The van der Waals surface area contributed by atoms with Crippen LogP contribution in [-0.2, 0) is 0 Å². The smallest absolute Gasteiger partial charge is 0.316 e. The summed E-state index contributed by atoms with van der Waals surface area (Å²) in [6.07, 6.45) is 7.35. The number of hydrogen-bond acceptors (Lipinski definition) is 2. The highest BCUT2D eigenvalue weighted by Gasteiger charge is 2.35. The third-order valence-corrected chi connectivity index (χ3v) is 4.11. The number of hydrogen-bond donors (Lipinski definition) is 3. The Morgan fingerprint density at radius 3 is 2.79 bits per heavy atom. The molecule has 1 saturated carbocycles. The molecule has 100 valence electrons. The lowest BCUT2D eigenvalue weighted by molar-refractivity contribution is 0.259. The zero-order chi connectivity index (χ0) is 13.2.